The summed E-state index contributed by atoms with van der Waals surface area (Å²) >= 11 is 5.87. The largest absolute Gasteiger partial charge is 0.338 e. The van der Waals surface area contributed by atoms with E-state index >= 15 is 0 Å². The molecule has 0 aliphatic heterocycles. The molecule has 1 aromatic carbocycles. The first-order valence-electron chi connectivity index (χ1n) is 6.47. The molecule has 1 amide bonds. The van der Waals surface area contributed by atoms with Crippen LogP contribution in [0.1, 0.15) is 39.3 Å². The van der Waals surface area contributed by atoms with Gasteiger partial charge in [0.15, 0.2) is 0 Å². The first-order valence-corrected chi connectivity index (χ1v) is 6.84. The molecule has 0 heterocycles. The van der Waals surface area contributed by atoms with E-state index in [9.17, 15) is 4.79 Å². The van der Waals surface area contributed by atoms with Crippen molar-refractivity contribution in [2.24, 2.45) is 0 Å². The van der Waals surface area contributed by atoms with Crippen molar-refractivity contribution in [1.29, 1.82) is 0 Å². The molecule has 106 valence electrons. The minimum Gasteiger partial charge on any atom is -0.338 e. The summed E-state index contributed by atoms with van der Waals surface area (Å²) in [6.45, 7) is 8.49. The number of amides is 1. The van der Waals surface area contributed by atoms with Gasteiger partial charge in [-0.15, -0.1) is 0 Å². The van der Waals surface area contributed by atoms with Crippen molar-refractivity contribution in [2.45, 2.75) is 39.3 Å². The van der Waals surface area contributed by atoms with Gasteiger partial charge in [0.2, 0.25) is 5.91 Å². The third-order valence-electron chi connectivity index (χ3n) is 3.10. The van der Waals surface area contributed by atoms with Gasteiger partial charge in [-0.05, 0) is 45.4 Å². The Bertz CT molecular complexity index is 423. The maximum absolute atomic E-state index is 12.1. The Hall–Kier alpha value is -1.06. The predicted octanol–water partition coefficient (Wildman–Crippen LogP) is 3.25. The first-order chi connectivity index (χ1) is 8.70. The Balaban J connectivity index is 2.63. The molecule has 0 spiro atoms. The Labute approximate surface area is 120 Å². The van der Waals surface area contributed by atoms with E-state index in [1.165, 1.54) is 0 Å². The minimum atomic E-state index is -0.0555. The fraction of sp³-hybridized carbons (Fsp3) is 0.533. The number of carbonyl (C=O) groups excluding carboxylic acids is 1. The summed E-state index contributed by atoms with van der Waals surface area (Å²) in [5, 5.41) is 3.91. The van der Waals surface area contributed by atoms with Gasteiger partial charge in [0.1, 0.15) is 0 Å². The number of carbonyl (C=O) groups is 1. The molecular formula is C15H23ClN2O. The van der Waals surface area contributed by atoms with Crippen LogP contribution in [-0.4, -0.2) is 29.9 Å². The standard InChI is InChI=1S/C15H23ClN2O/c1-11(12-6-8-13(16)9-7-12)18(5)14(19)10-17-15(2,3)4/h6-9,11,17H,10H2,1-5H3. The lowest BCUT2D eigenvalue weighted by Crippen LogP contribution is -2.44. The van der Waals surface area contributed by atoms with Crippen LogP contribution in [-0.2, 0) is 4.79 Å². The molecule has 0 saturated heterocycles. The molecule has 0 bridgehead atoms. The number of likely N-dealkylation sites (N-methyl/N-ethyl adjacent to an activating group) is 1. The summed E-state index contributed by atoms with van der Waals surface area (Å²) in [7, 11) is 1.83. The fourth-order valence-electron chi connectivity index (χ4n) is 1.65. The highest BCUT2D eigenvalue weighted by Gasteiger charge is 2.19. The van der Waals surface area contributed by atoms with Crippen molar-refractivity contribution >= 4 is 17.5 Å². The molecule has 0 aliphatic rings. The van der Waals surface area contributed by atoms with Gasteiger partial charge in [0.25, 0.3) is 0 Å². The zero-order valence-electron chi connectivity index (χ0n) is 12.3. The number of benzene rings is 1. The molecule has 4 heteroatoms. The summed E-state index contributed by atoms with van der Waals surface area (Å²) < 4.78 is 0. The van der Waals surface area contributed by atoms with Crippen LogP contribution in [0.3, 0.4) is 0 Å². The van der Waals surface area contributed by atoms with Gasteiger partial charge in [-0.1, -0.05) is 23.7 Å². The van der Waals surface area contributed by atoms with Gasteiger partial charge in [0, 0.05) is 17.6 Å². The monoisotopic (exact) mass is 282 g/mol. The normalized spacial score (nSPS) is 13.2. The summed E-state index contributed by atoms with van der Waals surface area (Å²) in [6.07, 6.45) is 0. The highest BCUT2D eigenvalue weighted by Crippen LogP contribution is 2.20. The average molecular weight is 283 g/mol. The number of hydrogen-bond donors (Lipinski definition) is 1. The Morgan fingerprint density at radius 3 is 2.32 bits per heavy atom. The summed E-state index contributed by atoms with van der Waals surface area (Å²) in [6, 6.07) is 7.63. The Kier molecular flexibility index (Phi) is 5.39. The van der Waals surface area contributed by atoms with Crippen LogP contribution in [0.5, 0.6) is 0 Å². The summed E-state index contributed by atoms with van der Waals surface area (Å²) in [5.41, 5.74) is 1.02. The second-order valence-corrected chi connectivity index (χ2v) is 6.27. The number of hydrogen-bond acceptors (Lipinski definition) is 2. The molecule has 1 atom stereocenters. The van der Waals surface area contributed by atoms with E-state index in [-0.39, 0.29) is 17.5 Å². The zero-order chi connectivity index (χ0) is 14.6. The highest BCUT2D eigenvalue weighted by molar-refractivity contribution is 6.30. The third-order valence-corrected chi connectivity index (χ3v) is 3.35. The maximum Gasteiger partial charge on any atom is 0.236 e. The maximum atomic E-state index is 12.1. The molecule has 3 nitrogen and oxygen atoms in total. The second-order valence-electron chi connectivity index (χ2n) is 5.84. The molecule has 0 saturated carbocycles. The lowest BCUT2D eigenvalue weighted by atomic mass is 10.1. The first kappa shape index (κ1) is 16.0. The van der Waals surface area contributed by atoms with E-state index in [0.29, 0.717) is 11.6 Å². The lowest BCUT2D eigenvalue weighted by Gasteiger charge is -2.28. The third kappa shape index (κ3) is 5.21. The van der Waals surface area contributed by atoms with Gasteiger partial charge in [-0.25, -0.2) is 0 Å². The molecule has 0 radical (unpaired) electrons. The van der Waals surface area contributed by atoms with Crippen LogP contribution in [0.25, 0.3) is 0 Å². The quantitative estimate of drug-likeness (QED) is 0.919. The molecular weight excluding hydrogens is 260 g/mol. The molecule has 1 unspecified atom stereocenters. The van der Waals surface area contributed by atoms with Crippen LogP contribution in [0, 0.1) is 0 Å². The predicted molar refractivity (Wildman–Crippen MR) is 80.4 cm³/mol. The van der Waals surface area contributed by atoms with Crippen molar-refractivity contribution in [3.05, 3.63) is 34.9 Å². The molecule has 1 N–H and O–H groups in total. The highest BCUT2D eigenvalue weighted by atomic mass is 35.5. The van der Waals surface area contributed by atoms with Crippen LogP contribution < -0.4 is 5.32 Å². The van der Waals surface area contributed by atoms with Crippen LogP contribution in [0.4, 0.5) is 0 Å². The van der Waals surface area contributed by atoms with Gasteiger partial charge < -0.3 is 10.2 Å². The topological polar surface area (TPSA) is 32.3 Å². The molecule has 19 heavy (non-hydrogen) atoms. The SMILES string of the molecule is CC(c1ccc(Cl)cc1)N(C)C(=O)CNC(C)(C)C. The van der Waals surface area contributed by atoms with Crippen molar-refractivity contribution in [1.82, 2.24) is 10.2 Å². The summed E-state index contributed by atoms with van der Waals surface area (Å²) in [5.74, 6) is 0.0809. The molecule has 0 aromatic heterocycles. The number of nitrogens with zero attached hydrogens (tertiary/aromatic N) is 1. The van der Waals surface area contributed by atoms with Crippen LogP contribution in [0.2, 0.25) is 5.02 Å². The lowest BCUT2D eigenvalue weighted by molar-refractivity contribution is -0.131. The molecule has 1 aromatic rings. The smallest absolute Gasteiger partial charge is 0.236 e. The Morgan fingerprint density at radius 1 is 1.32 bits per heavy atom. The van der Waals surface area contributed by atoms with Gasteiger partial charge in [-0.3, -0.25) is 4.79 Å². The minimum absolute atomic E-state index is 0.0338. The molecule has 0 fully saturated rings. The van der Waals surface area contributed by atoms with Gasteiger partial charge in [0.05, 0.1) is 12.6 Å². The van der Waals surface area contributed by atoms with Gasteiger partial charge in [-0.2, -0.15) is 0 Å². The molecule has 1 rings (SSSR count). The zero-order valence-corrected chi connectivity index (χ0v) is 13.1. The van der Waals surface area contributed by atoms with Crippen molar-refractivity contribution < 1.29 is 4.79 Å². The average Bonchev–Trinajstić information content (AvgIpc) is 2.34. The van der Waals surface area contributed by atoms with E-state index in [1.54, 1.807) is 4.90 Å². The van der Waals surface area contributed by atoms with Crippen molar-refractivity contribution in [3.8, 4) is 0 Å². The fourth-order valence-corrected chi connectivity index (χ4v) is 1.77. The van der Waals surface area contributed by atoms with E-state index < -0.39 is 0 Å². The Morgan fingerprint density at radius 2 is 1.84 bits per heavy atom. The van der Waals surface area contributed by atoms with Crippen LogP contribution >= 0.6 is 11.6 Å². The second kappa shape index (κ2) is 6.40. The van der Waals surface area contributed by atoms with Gasteiger partial charge >= 0.3 is 0 Å². The van der Waals surface area contributed by atoms with E-state index in [4.69, 9.17) is 11.6 Å². The number of rotatable bonds is 4. The van der Waals surface area contributed by atoms with Crippen LogP contribution in [0.15, 0.2) is 24.3 Å². The number of halogens is 1. The van der Waals surface area contributed by atoms with E-state index in [1.807, 2.05) is 59.0 Å². The van der Waals surface area contributed by atoms with E-state index in [2.05, 4.69) is 5.32 Å². The van der Waals surface area contributed by atoms with Crippen molar-refractivity contribution in [3.63, 3.8) is 0 Å². The van der Waals surface area contributed by atoms with Crippen molar-refractivity contribution in [2.75, 3.05) is 13.6 Å². The van der Waals surface area contributed by atoms with E-state index in [0.717, 1.165) is 5.56 Å². The molecule has 0 aliphatic carbocycles. The number of nitrogens with one attached hydrogen (secondary N) is 1. The summed E-state index contributed by atoms with van der Waals surface area (Å²) in [4.78, 5) is 13.9.